The van der Waals surface area contributed by atoms with Crippen LogP contribution in [0.1, 0.15) is 117 Å². The number of anilines is 1. The molecule has 2 aromatic carbocycles. The van der Waals surface area contributed by atoms with E-state index in [4.69, 9.17) is 55.1 Å². The van der Waals surface area contributed by atoms with Gasteiger partial charge in [-0.2, -0.15) is 0 Å². The van der Waals surface area contributed by atoms with Gasteiger partial charge >= 0.3 is 18.1 Å². The van der Waals surface area contributed by atoms with Crippen LogP contribution in [0.3, 0.4) is 0 Å². The molecule has 36 nitrogen and oxygen atoms in total. The predicted octanol–water partition coefficient (Wildman–Crippen LogP) is -3.30. The molecule has 2 aliphatic heterocycles. The highest BCUT2D eigenvalue weighted by molar-refractivity contribution is 5.99. The number of aryl methyl sites for hydroxylation is 1. The monoisotopic (exact) mass is 1540 g/mol. The van der Waals surface area contributed by atoms with E-state index in [0.29, 0.717) is 81.5 Å². The van der Waals surface area contributed by atoms with Gasteiger partial charge in [-0.05, 0) is 105 Å². The van der Waals surface area contributed by atoms with Crippen molar-refractivity contribution in [2.45, 2.75) is 184 Å². The van der Waals surface area contributed by atoms with E-state index >= 15 is 4.39 Å². The molecule has 606 valence electrons. The summed E-state index contributed by atoms with van der Waals surface area (Å²) >= 11 is 0. The number of halogens is 1. The third kappa shape index (κ3) is 24.0. The lowest BCUT2D eigenvalue weighted by Gasteiger charge is -2.33. The number of ether oxygens (including phenoxy) is 6. The normalized spacial score (nSPS) is 18.2. The average molecular weight is 1540 g/mol. The zero-order valence-corrected chi connectivity index (χ0v) is 61.6. The maximum absolute atomic E-state index is 15.5. The Morgan fingerprint density at radius 2 is 1.34 bits per heavy atom. The number of primary amides is 1. The van der Waals surface area contributed by atoms with Crippen molar-refractivity contribution in [3.63, 3.8) is 0 Å². The van der Waals surface area contributed by atoms with Gasteiger partial charge in [-0.25, -0.2) is 23.8 Å². The summed E-state index contributed by atoms with van der Waals surface area (Å²) in [6.45, 7) is 4.95. The molecule has 1 aliphatic carbocycles. The van der Waals surface area contributed by atoms with Gasteiger partial charge in [0, 0.05) is 67.4 Å². The first-order chi connectivity index (χ1) is 51.9. The number of nitrogens with zero attached hydrogens (tertiary/aromatic N) is 3. The topological polar surface area (TPSA) is 560 Å². The van der Waals surface area contributed by atoms with Crippen LogP contribution >= 0.6 is 0 Å². The minimum absolute atomic E-state index is 0.0270. The quantitative estimate of drug-likeness (QED) is 0.0134. The largest absolute Gasteiger partial charge is 0.458 e. The van der Waals surface area contributed by atoms with E-state index < -0.39 is 158 Å². The van der Waals surface area contributed by atoms with Crippen LogP contribution in [-0.4, -0.2) is 278 Å². The van der Waals surface area contributed by atoms with Gasteiger partial charge < -0.3 is 133 Å². The number of nitrogens with one attached hydrogen (secondary N) is 6. The Morgan fingerprint density at radius 3 is 1.94 bits per heavy atom. The van der Waals surface area contributed by atoms with E-state index in [1.54, 1.807) is 58.0 Å². The lowest BCUT2D eigenvalue weighted by Crippen LogP contribution is -2.56. The summed E-state index contributed by atoms with van der Waals surface area (Å²) in [5.74, 6) is -4.00. The number of amides is 7. The number of urea groups is 1. The van der Waals surface area contributed by atoms with Gasteiger partial charge in [-0.15, -0.1) is 0 Å². The number of hydrogen-bond acceptors (Lipinski definition) is 28. The van der Waals surface area contributed by atoms with Crippen molar-refractivity contribution in [2.75, 3.05) is 104 Å². The summed E-state index contributed by atoms with van der Waals surface area (Å²) < 4.78 is 50.0. The number of nitrogens with two attached hydrogens (primary N) is 2. The van der Waals surface area contributed by atoms with Crippen molar-refractivity contribution >= 4 is 58.3 Å². The minimum Gasteiger partial charge on any atom is -0.458 e. The highest BCUT2D eigenvalue weighted by atomic mass is 19.1. The average Bonchev–Trinajstić information content (AvgIpc) is 1.59. The number of aliphatic hydroxyl groups excluding tert-OH is 10. The number of fused-ring (bicyclic) bond motifs is 5. The van der Waals surface area contributed by atoms with E-state index in [-0.39, 0.29) is 141 Å². The molecule has 0 spiro atoms. The first-order valence-corrected chi connectivity index (χ1v) is 36.4. The molecule has 0 bridgehead atoms. The molecule has 0 unspecified atom stereocenters. The summed E-state index contributed by atoms with van der Waals surface area (Å²) in [5.41, 5.74) is 13.4. The van der Waals surface area contributed by atoms with Gasteiger partial charge in [0.1, 0.15) is 67.7 Å². The van der Waals surface area contributed by atoms with Gasteiger partial charge in [0.25, 0.3) is 5.56 Å². The number of carbonyl (C=O) groups excluding carboxylic acids is 7. The van der Waals surface area contributed by atoms with Crippen molar-refractivity contribution < 1.29 is 123 Å². The molecule has 37 heteroatoms. The summed E-state index contributed by atoms with van der Waals surface area (Å²) in [6, 6.07) is 4.47. The van der Waals surface area contributed by atoms with E-state index in [0.717, 1.165) is 0 Å². The molecule has 13 atom stereocenters. The smallest absolute Gasteiger partial charge is 0.407 e. The highest BCUT2D eigenvalue weighted by Crippen LogP contribution is 2.46. The Balaban J connectivity index is 0.784. The molecule has 2 aromatic heterocycles. The fraction of sp³-hybridized carbons (Fsp3) is 0.625. The van der Waals surface area contributed by atoms with Crippen molar-refractivity contribution in [3.8, 4) is 11.4 Å². The second-order valence-electron chi connectivity index (χ2n) is 27.5. The zero-order chi connectivity index (χ0) is 79.8. The van der Waals surface area contributed by atoms with Gasteiger partial charge in [-0.3, -0.25) is 28.9 Å². The van der Waals surface area contributed by atoms with E-state index in [2.05, 4.69) is 31.9 Å². The molecule has 0 saturated carbocycles. The Hall–Kier alpha value is -8.06. The highest BCUT2D eigenvalue weighted by Gasteiger charge is 2.46. The van der Waals surface area contributed by atoms with Crippen LogP contribution in [0.5, 0.6) is 0 Å². The van der Waals surface area contributed by atoms with Crippen LogP contribution in [0.4, 0.5) is 19.7 Å². The van der Waals surface area contributed by atoms with Crippen LogP contribution in [0, 0.1) is 18.7 Å². The number of benzene rings is 2. The molecule has 0 fully saturated rings. The number of alkyl carbamates (subject to hydrolysis) is 1. The lowest BCUT2D eigenvalue weighted by atomic mass is 9.81. The standard InChI is InChI=1S/C72H106FN11O25/c1-5-72(103)45-29-51-60-43(31-84(51)68(99)44(45)37-108-69(72)100)58-48(16-15-42-39(4)46(73)30-50(79-60)57(42)58)81-71(102)109-36-40-11-13-41(14-12-40)78-66(97)49(10-8-19-77-70(75)101)80-67(98)59(38(2)3)82-65(96)47(74)9-6-7-18-76-56(91)17-21-104-23-25-106-27-28-107-26-24-105-22-20-83(32-52(87)61(92)63(94)54(89)34-85)33-53(88)62(93)64(95)55(90)35-86/h11-14,29-30,38,47-49,52-55,59,61-64,85-90,92-95,103H,5-10,15-28,31-37,74H2,1-4H3,(H,76,91)(H,78,97)(H,80,98)(H,81,102)(H,82,96)(H3,75,77,101)/t47-,48-,49-,52-,53-,54+,55+,59-,61+,62+,63+,64+,72-/m0/s1. The van der Waals surface area contributed by atoms with Gasteiger partial charge in [0.15, 0.2) is 5.60 Å². The third-order valence-corrected chi connectivity index (χ3v) is 19.4. The molecular weight excluding hydrogens is 1440 g/mol. The number of hydrogen-bond donors (Lipinski definition) is 19. The Bertz CT molecular complexity index is 3750. The Kier molecular flexibility index (Phi) is 34.3. The molecule has 7 amide bonds. The number of cyclic esters (lactones) is 1. The fourth-order valence-corrected chi connectivity index (χ4v) is 13.0. The Morgan fingerprint density at radius 1 is 0.743 bits per heavy atom. The number of aliphatic hydroxyl groups is 11. The number of rotatable bonds is 47. The minimum atomic E-state index is -2.07. The molecule has 0 saturated heterocycles. The summed E-state index contributed by atoms with van der Waals surface area (Å²) in [6.07, 6.45) is -13.3. The van der Waals surface area contributed by atoms with Crippen molar-refractivity contribution in [3.05, 3.63) is 91.5 Å². The molecular formula is C72H106FN11O25. The van der Waals surface area contributed by atoms with E-state index in [1.165, 1.54) is 15.5 Å². The first kappa shape index (κ1) is 88.2. The van der Waals surface area contributed by atoms with Gasteiger partial charge in [0.2, 0.25) is 23.6 Å². The fourth-order valence-electron chi connectivity index (χ4n) is 13.0. The third-order valence-electron chi connectivity index (χ3n) is 19.4. The number of pyridine rings is 2. The van der Waals surface area contributed by atoms with E-state index in [1.807, 2.05) is 0 Å². The SMILES string of the molecule is CC[C@@]1(O)C(=O)OCc2c1cc1n(c2=O)Cc2c-1nc1cc(F)c(C)c3c1c2[C@@H](NC(=O)OCc1ccc(NC(=O)[C@H](CCCNC(N)=O)NC(=O)[C@@H](NC(=O)[C@@H](N)CCCCNC(=O)CCOCCOCCOCCOCCN(C[C@H](O)[C@@H](O)[C@H](O)[C@H](O)CO)C[C@H](O)[C@@H](O)[C@H](O)[C@H](O)CO)C(C)C)cc1)CC3. The molecule has 0 radical (unpaired) electrons. The number of aromatic nitrogens is 2. The van der Waals surface area contributed by atoms with E-state index in [9.17, 15) is 84.3 Å². The zero-order valence-electron chi connectivity index (χ0n) is 61.6. The first-order valence-electron chi connectivity index (χ1n) is 36.4. The van der Waals surface area contributed by atoms with Crippen molar-refractivity contribution in [2.24, 2.45) is 17.4 Å². The predicted molar refractivity (Wildman–Crippen MR) is 386 cm³/mol. The Labute approximate surface area is 627 Å². The molecule has 7 rings (SSSR count). The van der Waals surface area contributed by atoms with Crippen LogP contribution in [0.15, 0.2) is 41.2 Å². The summed E-state index contributed by atoms with van der Waals surface area (Å²) in [4.78, 5) is 112. The number of esters is 1. The summed E-state index contributed by atoms with van der Waals surface area (Å²) in [7, 11) is 0. The van der Waals surface area contributed by atoms with Gasteiger partial charge in [0.05, 0.1) is 119 Å². The molecule has 4 heterocycles. The maximum atomic E-state index is 15.5. The van der Waals surface area contributed by atoms with Gasteiger partial charge in [-0.1, -0.05) is 32.9 Å². The maximum Gasteiger partial charge on any atom is 0.407 e. The number of unbranched alkanes of at least 4 members (excludes halogenated alkanes) is 1. The van der Waals surface area contributed by atoms with Crippen molar-refractivity contribution in [1.29, 1.82) is 0 Å². The number of carbonyl (C=O) groups is 7. The summed E-state index contributed by atoms with van der Waals surface area (Å²) in [5, 5.41) is 128. The van der Waals surface area contributed by atoms with Crippen LogP contribution in [0.25, 0.3) is 22.3 Å². The van der Waals surface area contributed by atoms with Crippen LogP contribution in [-0.2, 0) is 84.2 Å². The second-order valence-corrected chi connectivity index (χ2v) is 27.5. The van der Waals surface area contributed by atoms with Crippen LogP contribution < -0.4 is 48.9 Å². The molecule has 21 N–H and O–H groups in total. The van der Waals surface area contributed by atoms with Crippen molar-refractivity contribution in [1.82, 2.24) is 41.0 Å². The lowest BCUT2D eigenvalue weighted by molar-refractivity contribution is -0.172. The van der Waals surface area contributed by atoms with Crippen LogP contribution in [0.2, 0.25) is 0 Å². The second kappa shape index (κ2) is 42.4. The molecule has 4 aromatic rings. The molecule has 3 aliphatic rings. The molecule has 109 heavy (non-hydrogen) atoms.